The number of sulfonamides is 1. The van der Waals surface area contributed by atoms with E-state index in [4.69, 9.17) is 0 Å². The third-order valence-corrected chi connectivity index (χ3v) is 7.50. The first-order valence-electron chi connectivity index (χ1n) is 9.25. The molecule has 0 spiro atoms. The molecule has 0 aliphatic carbocycles. The van der Waals surface area contributed by atoms with Gasteiger partial charge in [-0.1, -0.05) is 52.3 Å². The molecule has 3 aromatic carbocycles. The SMILES string of the molecule is O=C(CN(c1ccc(Br)cc1)S(=O)(=O)c1ccccc1)NCCSc1ccccc1. The topological polar surface area (TPSA) is 66.5 Å². The number of halogens is 1. The van der Waals surface area contributed by atoms with E-state index in [9.17, 15) is 13.2 Å². The summed E-state index contributed by atoms with van der Waals surface area (Å²) in [4.78, 5) is 13.8. The molecule has 1 N–H and O–H groups in total. The van der Waals surface area contributed by atoms with Crippen LogP contribution in [0.1, 0.15) is 0 Å². The number of benzene rings is 3. The Morgan fingerprint density at radius 2 is 1.50 bits per heavy atom. The second-order valence-electron chi connectivity index (χ2n) is 6.31. The van der Waals surface area contributed by atoms with E-state index in [1.807, 2.05) is 30.3 Å². The largest absolute Gasteiger partial charge is 0.354 e. The second kappa shape index (κ2) is 10.7. The van der Waals surface area contributed by atoms with Crippen LogP contribution in [0.3, 0.4) is 0 Å². The molecule has 0 radical (unpaired) electrons. The molecular formula is C22H21BrN2O3S2. The maximum absolute atomic E-state index is 13.2. The summed E-state index contributed by atoms with van der Waals surface area (Å²) in [5, 5.41) is 2.81. The van der Waals surface area contributed by atoms with E-state index >= 15 is 0 Å². The molecular weight excluding hydrogens is 484 g/mol. The number of carbonyl (C=O) groups excluding carboxylic acids is 1. The van der Waals surface area contributed by atoms with Crippen molar-refractivity contribution in [2.45, 2.75) is 9.79 Å². The molecule has 0 aliphatic rings. The first kappa shape index (κ1) is 22.4. The quantitative estimate of drug-likeness (QED) is 0.342. The van der Waals surface area contributed by atoms with Crippen LogP contribution in [0.5, 0.6) is 0 Å². The summed E-state index contributed by atoms with van der Waals surface area (Å²) in [6.07, 6.45) is 0. The van der Waals surface area contributed by atoms with Crippen molar-refractivity contribution in [3.63, 3.8) is 0 Å². The van der Waals surface area contributed by atoms with Crippen LogP contribution in [0.15, 0.2) is 99.2 Å². The number of carbonyl (C=O) groups is 1. The normalized spacial score (nSPS) is 11.1. The van der Waals surface area contributed by atoms with E-state index < -0.39 is 10.0 Å². The van der Waals surface area contributed by atoms with Gasteiger partial charge in [-0.25, -0.2) is 8.42 Å². The number of rotatable bonds is 9. The molecule has 0 saturated carbocycles. The van der Waals surface area contributed by atoms with Crippen molar-refractivity contribution in [1.29, 1.82) is 0 Å². The fraction of sp³-hybridized carbons (Fsp3) is 0.136. The molecule has 156 valence electrons. The van der Waals surface area contributed by atoms with E-state index in [2.05, 4.69) is 21.2 Å². The predicted molar refractivity (Wildman–Crippen MR) is 125 cm³/mol. The maximum Gasteiger partial charge on any atom is 0.264 e. The Bertz CT molecular complexity index is 1060. The van der Waals surface area contributed by atoms with Crippen molar-refractivity contribution >= 4 is 49.3 Å². The molecule has 30 heavy (non-hydrogen) atoms. The van der Waals surface area contributed by atoms with Crippen LogP contribution >= 0.6 is 27.7 Å². The lowest BCUT2D eigenvalue weighted by Gasteiger charge is -2.24. The van der Waals surface area contributed by atoms with E-state index in [1.165, 1.54) is 12.1 Å². The highest BCUT2D eigenvalue weighted by Gasteiger charge is 2.26. The summed E-state index contributed by atoms with van der Waals surface area (Å²) >= 11 is 4.98. The van der Waals surface area contributed by atoms with Crippen molar-refractivity contribution in [3.05, 3.63) is 89.4 Å². The summed E-state index contributed by atoms with van der Waals surface area (Å²) in [5.41, 5.74) is 0.427. The van der Waals surface area contributed by atoms with Crippen LogP contribution in [0.4, 0.5) is 5.69 Å². The van der Waals surface area contributed by atoms with Gasteiger partial charge in [0.05, 0.1) is 10.6 Å². The smallest absolute Gasteiger partial charge is 0.264 e. The van der Waals surface area contributed by atoms with E-state index in [0.717, 1.165) is 13.7 Å². The number of amides is 1. The van der Waals surface area contributed by atoms with Crippen LogP contribution < -0.4 is 9.62 Å². The number of hydrogen-bond acceptors (Lipinski definition) is 4. The molecule has 3 aromatic rings. The first-order valence-corrected chi connectivity index (χ1v) is 12.5. The van der Waals surface area contributed by atoms with Gasteiger partial charge < -0.3 is 5.32 Å². The van der Waals surface area contributed by atoms with Gasteiger partial charge in [-0.3, -0.25) is 9.10 Å². The Morgan fingerprint density at radius 1 is 0.900 bits per heavy atom. The van der Waals surface area contributed by atoms with Gasteiger partial charge in [0.2, 0.25) is 5.91 Å². The third kappa shape index (κ3) is 6.10. The van der Waals surface area contributed by atoms with E-state index in [1.54, 1.807) is 54.2 Å². The minimum Gasteiger partial charge on any atom is -0.354 e. The lowest BCUT2D eigenvalue weighted by molar-refractivity contribution is -0.119. The Labute approximate surface area is 189 Å². The summed E-state index contributed by atoms with van der Waals surface area (Å²) in [7, 11) is -3.88. The predicted octanol–water partition coefficient (Wildman–Crippen LogP) is 4.55. The van der Waals surface area contributed by atoms with Crippen molar-refractivity contribution < 1.29 is 13.2 Å². The molecule has 0 aromatic heterocycles. The van der Waals surface area contributed by atoms with Gasteiger partial charge in [-0.2, -0.15) is 0 Å². The molecule has 1 amide bonds. The zero-order chi connectivity index (χ0) is 21.4. The fourth-order valence-corrected chi connectivity index (χ4v) is 5.20. The molecule has 3 rings (SSSR count). The van der Waals surface area contributed by atoms with E-state index in [0.29, 0.717) is 18.0 Å². The lowest BCUT2D eigenvalue weighted by atomic mass is 10.3. The highest BCUT2D eigenvalue weighted by atomic mass is 79.9. The van der Waals surface area contributed by atoms with Gasteiger partial charge in [-0.05, 0) is 48.5 Å². The lowest BCUT2D eigenvalue weighted by Crippen LogP contribution is -2.41. The van der Waals surface area contributed by atoms with Crippen LogP contribution in [-0.2, 0) is 14.8 Å². The molecule has 0 atom stereocenters. The third-order valence-electron chi connectivity index (χ3n) is 4.17. The molecule has 0 bridgehead atoms. The highest BCUT2D eigenvalue weighted by Crippen LogP contribution is 2.25. The van der Waals surface area contributed by atoms with Crippen molar-refractivity contribution in [2.75, 3.05) is 23.1 Å². The molecule has 8 heteroatoms. The van der Waals surface area contributed by atoms with Crippen molar-refractivity contribution in [1.82, 2.24) is 5.32 Å². The molecule has 0 aliphatic heterocycles. The molecule has 0 saturated heterocycles. The Hall–Kier alpha value is -2.29. The van der Waals surface area contributed by atoms with Gasteiger partial charge in [0.25, 0.3) is 10.0 Å². The van der Waals surface area contributed by atoms with Gasteiger partial charge in [0.1, 0.15) is 6.54 Å². The average molecular weight is 505 g/mol. The zero-order valence-electron chi connectivity index (χ0n) is 16.1. The summed E-state index contributed by atoms with van der Waals surface area (Å²) < 4.78 is 28.4. The molecule has 0 heterocycles. The number of hydrogen-bond donors (Lipinski definition) is 1. The molecule has 0 fully saturated rings. The Kier molecular flexibility index (Phi) is 7.95. The van der Waals surface area contributed by atoms with Gasteiger partial charge >= 0.3 is 0 Å². The molecule has 5 nitrogen and oxygen atoms in total. The average Bonchev–Trinajstić information content (AvgIpc) is 2.77. The fourth-order valence-electron chi connectivity index (χ4n) is 2.70. The Morgan fingerprint density at radius 3 is 2.13 bits per heavy atom. The molecule has 0 unspecified atom stereocenters. The van der Waals surface area contributed by atoms with Gasteiger partial charge in [-0.15, -0.1) is 11.8 Å². The minimum atomic E-state index is -3.88. The summed E-state index contributed by atoms with van der Waals surface area (Å²) in [5.74, 6) is 0.338. The second-order valence-corrected chi connectivity index (χ2v) is 10.3. The standard InChI is InChI=1S/C22H21BrN2O3S2/c23-18-11-13-19(14-12-18)25(30(27,28)21-9-5-2-6-10-21)17-22(26)24-15-16-29-20-7-3-1-4-8-20/h1-14H,15-17H2,(H,24,26). The number of nitrogens with zero attached hydrogens (tertiary/aromatic N) is 1. The van der Waals surface area contributed by atoms with Crippen molar-refractivity contribution in [3.8, 4) is 0 Å². The van der Waals surface area contributed by atoms with Crippen LogP contribution in [-0.4, -0.2) is 33.2 Å². The van der Waals surface area contributed by atoms with E-state index in [-0.39, 0.29) is 17.3 Å². The van der Waals surface area contributed by atoms with Crippen LogP contribution in [0.25, 0.3) is 0 Å². The highest BCUT2D eigenvalue weighted by molar-refractivity contribution is 9.10. The summed E-state index contributed by atoms with van der Waals surface area (Å²) in [6, 6.07) is 24.8. The number of anilines is 1. The van der Waals surface area contributed by atoms with Crippen molar-refractivity contribution in [2.24, 2.45) is 0 Å². The number of thioether (sulfide) groups is 1. The van der Waals surface area contributed by atoms with Crippen LogP contribution in [0, 0.1) is 0 Å². The summed E-state index contributed by atoms with van der Waals surface area (Å²) in [6.45, 7) is 0.146. The zero-order valence-corrected chi connectivity index (χ0v) is 19.3. The maximum atomic E-state index is 13.2. The van der Waals surface area contributed by atoms with Gasteiger partial charge in [0.15, 0.2) is 0 Å². The van der Waals surface area contributed by atoms with Crippen LogP contribution in [0.2, 0.25) is 0 Å². The minimum absolute atomic E-state index is 0.139. The first-order chi connectivity index (χ1) is 14.5. The Balaban J connectivity index is 1.69. The van der Waals surface area contributed by atoms with Gasteiger partial charge in [0, 0.05) is 21.7 Å². The monoisotopic (exact) mass is 504 g/mol. The number of nitrogens with one attached hydrogen (secondary N) is 1.